The molecule has 0 radical (unpaired) electrons. The molecular formula is C54H35N7. The molecule has 0 aliphatic carbocycles. The van der Waals surface area contributed by atoms with Gasteiger partial charge in [0.2, 0.25) is 0 Å². The van der Waals surface area contributed by atoms with Crippen LogP contribution in [0.5, 0.6) is 0 Å². The number of aromatic nitrogens is 7. The molecule has 0 N–H and O–H groups in total. The molecule has 3 heterocycles. The first-order valence-electron chi connectivity index (χ1n) is 22.3. The van der Waals surface area contributed by atoms with Crippen LogP contribution in [-0.2, 0) is 0 Å². The molecule has 0 fully saturated rings. The van der Waals surface area contributed by atoms with Gasteiger partial charge in [-0.05, 0) is 47.5 Å². The topological polar surface area (TPSA) is 82.3 Å². The molecule has 0 spiro atoms. The van der Waals surface area contributed by atoms with Gasteiger partial charge >= 0.3 is 0 Å². The van der Waals surface area contributed by atoms with Gasteiger partial charge in [-0.2, -0.15) is 0 Å². The molecule has 0 unspecified atom stereocenters. The number of fused-ring (bicyclic) bond motifs is 3. The number of nitrogens with zero attached hydrogens (tertiary/aromatic N) is 7. The Labute approximate surface area is 359 Å². The Balaban J connectivity index is 1.21. The standard InChI is InChI=1S/C54H35N7/c1-6-18-36(19-7-1)41-30-32-47-44(34-41)43-28-16-17-29-46(43)61(47)48-33-31-42(53-57-49(37-20-8-2-9-21-37)55-50(58-53)38-22-10-3-11-23-38)35-45(48)54-59-51(39-24-12-4-13-25-39)56-52(60-54)40-26-14-5-15-27-40/h1-35H/i2D,8D,9D,20D,21D. The van der Waals surface area contributed by atoms with Crippen molar-refractivity contribution in [2.75, 3.05) is 0 Å². The molecule has 286 valence electrons. The second-order valence-corrected chi connectivity index (χ2v) is 14.4. The SMILES string of the molecule is [2H]c1c([2H])c([2H])c(-c2nc(-c3ccccc3)nc(-c3ccc(-n4c5ccccc5c5cc(-c6ccccc6)ccc54)c(-c4nc(-c5ccccc5)nc(-c5ccccc5)n4)c3)n2)c([2H])c1[2H]. The quantitative estimate of drug-likeness (QED) is 0.153. The maximum absolute atomic E-state index is 8.86. The van der Waals surface area contributed by atoms with Crippen molar-refractivity contribution in [3.05, 3.63) is 212 Å². The predicted octanol–water partition coefficient (Wildman–Crippen LogP) is 12.8. The van der Waals surface area contributed by atoms with Crippen molar-refractivity contribution in [2.45, 2.75) is 0 Å². The van der Waals surface area contributed by atoms with E-state index in [9.17, 15) is 0 Å². The first kappa shape index (κ1) is 30.6. The van der Waals surface area contributed by atoms with Crippen molar-refractivity contribution in [2.24, 2.45) is 0 Å². The third-order valence-corrected chi connectivity index (χ3v) is 10.6. The number of hydrogen-bond acceptors (Lipinski definition) is 6. The van der Waals surface area contributed by atoms with Crippen LogP contribution in [0, 0.1) is 0 Å². The number of para-hydroxylation sites is 1. The maximum Gasteiger partial charge on any atom is 0.166 e. The molecule has 7 heteroatoms. The normalized spacial score (nSPS) is 12.4. The van der Waals surface area contributed by atoms with Crippen LogP contribution >= 0.6 is 0 Å². The van der Waals surface area contributed by atoms with Gasteiger partial charge in [0.25, 0.3) is 0 Å². The molecule has 0 amide bonds. The van der Waals surface area contributed by atoms with Crippen molar-refractivity contribution in [1.82, 2.24) is 34.5 Å². The fourth-order valence-electron chi connectivity index (χ4n) is 7.72. The highest BCUT2D eigenvalue weighted by atomic mass is 15.1. The summed E-state index contributed by atoms with van der Waals surface area (Å²) in [6.45, 7) is 0. The van der Waals surface area contributed by atoms with E-state index in [2.05, 4.69) is 47.0 Å². The highest BCUT2D eigenvalue weighted by Gasteiger charge is 2.22. The lowest BCUT2D eigenvalue weighted by Crippen LogP contribution is -2.05. The molecule has 3 aromatic heterocycles. The van der Waals surface area contributed by atoms with Crippen LogP contribution in [0.4, 0.5) is 0 Å². The summed E-state index contributed by atoms with van der Waals surface area (Å²) in [5.41, 5.74) is 8.29. The van der Waals surface area contributed by atoms with E-state index < -0.39 is 30.2 Å². The highest BCUT2D eigenvalue weighted by molar-refractivity contribution is 6.11. The summed E-state index contributed by atoms with van der Waals surface area (Å²) in [5, 5.41) is 2.14. The predicted molar refractivity (Wildman–Crippen MR) is 246 cm³/mol. The van der Waals surface area contributed by atoms with Gasteiger partial charge in [0.05, 0.1) is 23.6 Å². The summed E-state index contributed by atoms with van der Waals surface area (Å²) in [6.07, 6.45) is 0. The monoisotopic (exact) mass is 786 g/mol. The van der Waals surface area contributed by atoms with Gasteiger partial charge in [0, 0.05) is 44.2 Å². The van der Waals surface area contributed by atoms with Gasteiger partial charge in [0.1, 0.15) is 0 Å². The van der Waals surface area contributed by atoms with Gasteiger partial charge in [0.15, 0.2) is 34.9 Å². The zero-order valence-corrected chi connectivity index (χ0v) is 32.5. The zero-order valence-electron chi connectivity index (χ0n) is 37.5. The molecule has 7 nitrogen and oxygen atoms in total. The van der Waals surface area contributed by atoms with E-state index in [1.54, 1.807) is 0 Å². The molecular weight excluding hydrogens is 747 g/mol. The van der Waals surface area contributed by atoms with Gasteiger partial charge in [-0.3, -0.25) is 0 Å². The van der Waals surface area contributed by atoms with Crippen LogP contribution in [0.25, 0.3) is 107 Å². The second-order valence-electron chi connectivity index (χ2n) is 14.4. The van der Waals surface area contributed by atoms with E-state index in [1.165, 1.54) is 0 Å². The Kier molecular flexibility index (Phi) is 7.73. The van der Waals surface area contributed by atoms with Gasteiger partial charge in [-0.1, -0.05) is 176 Å². The number of rotatable bonds is 8. The molecule has 0 saturated carbocycles. The minimum absolute atomic E-state index is 0.0593. The fourth-order valence-corrected chi connectivity index (χ4v) is 7.72. The lowest BCUT2D eigenvalue weighted by molar-refractivity contribution is 1.06. The summed E-state index contributed by atoms with van der Waals surface area (Å²) >= 11 is 0. The van der Waals surface area contributed by atoms with Crippen LogP contribution in [0.2, 0.25) is 0 Å². The lowest BCUT2D eigenvalue weighted by Gasteiger charge is -2.16. The Morgan fingerprint density at radius 2 is 0.754 bits per heavy atom. The lowest BCUT2D eigenvalue weighted by atomic mass is 10.0. The van der Waals surface area contributed by atoms with E-state index in [-0.39, 0.29) is 23.0 Å². The number of hydrogen-bond donors (Lipinski definition) is 0. The highest BCUT2D eigenvalue weighted by Crippen LogP contribution is 2.39. The van der Waals surface area contributed by atoms with Gasteiger partial charge in [-0.15, -0.1) is 0 Å². The summed E-state index contributed by atoms with van der Waals surface area (Å²) in [6, 6.07) is 57.7. The van der Waals surface area contributed by atoms with Crippen molar-refractivity contribution in [3.63, 3.8) is 0 Å². The molecule has 11 aromatic rings. The van der Waals surface area contributed by atoms with Crippen LogP contribution in [-0.4, -0.2) is 34.5 Å². The maximum atomic E-state index is 8.86. The van der Waals surface area contributed by atoms with Crippen molar-refractivity contribution in [1.29, 1.82) is 0 Å². The average Bonchev–Trinajstić information content (AvgIpc) is 3.71. The van der Waals surface area contributed by atoms with Crippen LogP contribution in [0.3, 0.4) is 0 Å². The van der Waals surface area contributed by atoms with E-state index in [1.807, 2.05) is 140 Å². The minimum Gasteiger partial charge on any atom is -0.309 e. The molecule has 0 saturated heterocycles. The van der Waals surface area contributed by atoms with Gasteiger partial charge in [-0.25, -0.2) is 29.9 Å². The summed E-state index contributed by atoms with van der Waals surface area (Å²) in [7, 11) is 0. The molecule has 0 atom stereocenters. The third-order valence-electron chi connectivity index (χ3n) is 10.6. The van der Waals surface area contributed by atoms with Crippen molar-refractivity contribution >= 4 is 21.8 Å². The first-order valence-corrected chi connectivity index (χ1v) is 19.8. The smallest absolute Gasteiger partial charge is 0.166 e. The molecule has 61 heavy (non-hydrogen) atoms. The van der Waals surface area contributed by atoms with E-state index in [0.717, 1.165) is 49.7 Å². The van der Waals surface area contributed by atoms with Crippen LogP contribution in [0.15, 0.2) is 212 Å². The first-order chi connectivity index (χ1) is 32.3. The van der Waals surface area contributed by atoms with Crippen LogP contribution in [0.1, 0.15) is 6.85 Å². The third kappa shape index (κ3) is 6.80. The fraction of sp³-hybridized carbons (Fsp3) is 0. The Morgan fingerprint density at radius 3 is 1.33 bits per heavy atom. The van der Waals surface area contributed by atoms with E-state index in [0.29, 0.717) is 34.2 Å². The minimum atomic E-state index is -0.505. The zero-order chi connectivity index (χ0) is 44.9. The second kappa shape index (κ2) is 15.4. The largest absolute Gasteiger partial charge is 0.309 e. The summed E-state index contributed by atoms with van der Waals surface area (Å²) < 4.78 is 45.1. The molecule has 0 bridgehead atoms. The Bertz CT molecular complexity index is 3560. The summed E-state index contributed by atoms with van der Waals surface area (Å²) in [5.74, 6) is 1.79. The number of benzene rings is 8. The van der Waals surface area contributed by atoms with Crippen LogP contribution < -0.4 is 0 Å². The molecule has 8 aromatic carbocycles. The molecule has 0 aliphatic rings. The Morgan fingerprint density at radius 1 is 0.311 bits per heavy atom. The van der Waals surface area contributed by atoms with E-state index in [4.69, 9.17) is 36.8 Å². The van der Waals surface area contributed by atoms with E-state index >= 15 is 0 Å². The Hall–Kier alpha value is -8.42. The van der Waals surface area contributed by atoms with Crippen molar-refractivity contribution in [3.8, 4) is 85.1 Å². The molecule has 11 rings (SSSR count). The van der Waals surface area contributed by atoms with Gasteiger partial charge < -0.3 is 4.57 Å². The van der Waals surface area contributed by atoms with Crippen molar-refractivity contribution < 1.29 is 6.85 Å². The molecule has 0 aliphatic heterocycles. The summed E-state index contributed by atoms with van der Waals surface area (Å²) in [4.78, 5) is 30.0. The average molecular weight is 787 g/mol.